The van der Waals surface area contributed by atoms with Gasteiger partial charge in [0, 0.05) is 11.8 Å². The highest BCUT2D eigenvalue weighted by Gasteiger charge is 2.11. The molecule has 2 rings (SSSR count). The number of aromatic hydroxyl groups is 3. The number of phenolic OH excluding ortho intramolecular Hbond substituents is 3. The molecule has 18 heavy (non-hydrogen) atoms. The minimum atomic E-state index is -0.502. The van der Waals surface area contributed by atoms with Crippen molar-refractivity contribution in [2.45, 2.75) is 0 Å². The first-order valence-electron chi connectivity index (χ1n) is 5.18. The Kier molecular flexibility index (Phi) is 3.05. The number of anilines is 1. The normalized spacial score (nSPS) is 10.0. The fourth-order valence-electron chi connectivity index (χ4n) is 1.46. The predicted octanol–water partition coefficient (Wildman–Crippen LogP) is 2.06. The Morgan fingerprint density at radius 2 is 1.50 bits per heavy atom. The second kappa shape index (κ2) is 4.67. The molecule has 0 aliphatic carbocycles. The Hall–Kier alpha value is -2.69. The van der Waals surface area contributed by atoms with E-state index in [2.05, 4.69) is 5.32 Å². The number of carbonyl (C=O) groups excluding carboxylic acids is 1. The molecule has 0 bridgehead atoms. The molecule has 0 unspecified atom stereocenters. The average Bonchev–Trinajstić information content (AvgIpc) is 2.32. The molecule has 0 saturated heterocycles. The smallest absolute Gasteiger partial charge is 0.259 e. The highest BCUT2D eigenvalue weighted by Crippen LogP contribution is 2.23. The predicted molar refractivity (Wildman–Crippen MR) is 65.8 cm³/mol. The van der Waals surface area contributed by atoms with Crippen LogP contribution in [-0.4, -0.2) is 21.2 Å². The van der Waals surface area contributed by atoms with E-state index in [0.29, 0.717) is 5.69 Å². The van der Waals surface area contributed by atoms with E-state index in [1.165, 1.54) is 36.4 Å². The van der Waals surface area contributed by atoms with E-state index in [4.69, 9.17) is 10.2 Å². The minimum absolute atomic E-state index is 0.0564. The molecule has 0 heterocycles. The van der Waals surface area contributed by atoms with Crippen LogP contribution in [0.3, 0.4) is 0 Å². The summed E-state index contributed by atoms with van der Waals surface area (Å²) in [4.78, 5) is 11.8. The average molecular weight is 245 g/mol. The van der Waals surface area contributed by atoms with E-state index >= 15 is 0 Å². The van der Waals surface area contributed by atoms with Crippen LogP contribution in [0.25, 0.3) is 0 Å². The maximum absolute atomic E-state index is 11.8. The topological polar surface area (TPSA) is 89.8 Å². The van der Waals surface area contributed by atoms with Gasteiger partial charge < -0.3 is 20.6 Å². The molecule has 0 aliphatic rings. The van der Waals surface area contributed by atoms with Gasteiger partial charge in [-0.05, 0) is 36.4 Å². The number of benzene rings is 2. The van der Waals surface area contributed by atoms with Crippen molar-refractivity contribution in [3.8, 4) is 17.2 Å². The monoisotopic (exact) mass is 245 g/mol. The van der Waals surface area contributed by atoms with E-state index in [0.717, 1.165) is 6.07 Å². The van der Waals surface area contributed by atoms with Gasteiger partial charge in [-0.25, -0.2) is 0 Å². The van der Waals surface area contributed by atoms with Crippen LogP contribution in [0, 0.1) is 0 Å². The molecule has 0 radical (unpaired) electrons. The van der Waals surface area contributed by atoms with Crippen molar-refractivity contribution in [1.29, 1.82) is 0 Å². The van der Waals surface area contributed by atoms with Gasteiger partial charge in [0.05, 0.1) is 5.56 Å². The molecule has 5 nitrogen and oxygen atoms in total. The van der Waals surface area contributed by atoms with Crippen LogP contribution in [0.15, 0.2) is 42.5 Å². The molecular formula is C13H11NO4. The lowest BCUT2D eigenvalue weighted by Crippen LogP contribution is -2.11. The molecule has 1 amide bonds. The Morgan fingerprint density at radius 3 is 2.11 bits per heavy atom. The summed E-state index contributed by atoms with van der Waals surface area (Å²) in [5.41, 5.74) is 0.547. The Labute approximate surface area is 103 Å². The van der Waals surface area contributed by atoms with Crippen molar-refractivity contribution in [2.75, 3.05) is 5.32 Å². The fourth-order valence-corrected chi connectivity index (χ4v) is 1.46. The second-order valence-corrected chi connectivity index (χ2v) is 3.70. The molecule has 0 atom stereocenters. The van der Waals surface area contributed by atoms with Crippen LogP contribution < -0.4 is 5.32 Å². The van der Waals surface area contributed by atoms with Crippen molar-refractivity contribution in [3.05, 3.63) is 48.0 Å². The number of nitrogens with one attached hydrogen (secondary N) is 1. The summed E-state index contributed by atoms with van der Waals surface area (Å²) < 4.78 is 0. The maximum Gasteiger partial charge on any atom is 0.259 e. The van der Waals surface area contributed by atoms with Crippen LogP contribution in [0.1, 0.15) is 10.4 Å². The van der Waals surface area contributed by atoms with E-state index in [-0.39, 0.29) is 22.8 Å². The Balaban J connectivity index is 2.19. The number of phenols is 3. The lowest BCUT2D eigenvalue weighted by molar-refractivity contribution is 0.102. The van der Waals surface area contributed by atoms with Gasteiger partial charge in [0.2, 0.25) is 0 Å². The van der Waals surface area contributed by atoms with E-state index in [1.54, 1.807) is 0 Å². The zero-order valence-electron chi connectivity index (χ0n) is 9.29. The quantitative estimate of drug-likeness (QED) is 0.609. The van der Waals surface area contributed by atoms with Gasteiger partial charge >= 0.3 is 0 Å². The third kappa shape index (κ3) is 2.52. The summed E-state index contributed by atoms with van der Waals surface area (Å²) in [5, 5.41) is 30.3. The number of hydrogen-bond acceptors (Lipinski definition) is 4. The lowest BCUT2D eigenvalue weighted by Gasteiger charge is -2.07. The molecule has 4 N–H and O–H groups in total. The molecule has 2 aromatic rings. The van der Waals surface area contributed by atoms with E-state index in [1.807, 2.05) is 0 Å². The van der Waals surface area contributed by atoms with Gasteiger partial charge in [-0.2, -0.15) is 0 Å². The summed E-state index contributed by atoms with van der Waals surface area (Å²) in [6, 6.07) is 9.66. The van der Waals surface area contributed by atoms with Crippen molar-refractivity contribution in [1.82, 2.24) is 0 Å². The van der Waals surface area contributed by atoms with Crippen LogP contribution >= 0.6 is 0 Å². The first-order valence-corrected chi connectivity index (χ1v) is 5.18. The fraction of sp³-hybridized carbons (Fsp3) is 0. The Bertz CT molecular complexity index is 578. The van der Waals surface area contributed by atoms with Crippen LogP contribution in [0.5, 0.6) is 17.2 Å². The number of amides is 1. The van der Waals surface area contributed by atoms with Crippen molar-refractivity contribution >= 4 is 11.6 Å². The molecule has 0 fully saturated rings. The molecular weight excluding hydrogens is 234 g/mol. The highest BCUT2D eigenvalue weighted by molar-refractivity contribution is 6.06. The van der Waals surface area contributed by atoms with E-state index < -0.39 is 5.91 Å². The summed E-state index contributed by atoms with van der Waals surface area (Å²) in [5.74, 6) is -0.821. The number of rotatable bonds is 2. The molecule has 0 spiro atoms. The highest BCUT2D eigenvalue weighted by atomic mass is 16.3. The van der Waals surface area contributed by atoms with Gasteiger partial charge in [0.1, 0.15) is 17.2 Å². The second-order valence-electron chi connectivity index (χ2n) is 3.70. The van der Waals surface area contributed by atoms with Crippen molar-refractivity contribution in [3.63, 3.8) is 0 Å². The van der Waals surface area contributed by atoms with Gasteiger partial charge in [0.15, 0.2) is 0 Å². The van der Waals surface area contributed by atoms with Crippen LogP contribution in [0.4, 0.5) is 5.69 Å². The molecule has 0 saturated carbocycles. The van der Waals surface area contributed by atoms with Crippen LogP contribution in [-0.2, 0) is 0 Å². The number of carbonyl (C=O) groups is 1. The van der Waals surface area contributed by atoms with Crippen LogP contribution in [0.2, 0.25) is 0 Å². The molecule has 5 heteroatoms. The van der Waals surface area contributed by atoms with Gasteiger partial charge in [-0.3, -0.25) is 4.79 Å². The summed E-state index contributed by atoms with van der Waals surface area (Å²) in [7, 11) is 0. The summed E-state index contributed by atoms with van der Waals surface area (Å²) >= 11 is 0. The van der Waals surface area contributed by atoms with Gasteiger partial charge in [-0.15, -0.1) is 0 Å². The standard InChI is InChI=1S/C13H11NO4/c15-9-3-1-8(2-4-9)14-13(18)11-6-5-10(16)7-12(11)17/h1-7,15-17H,(H,14,18). The largest absolute Gasteiger partial charge is 0.508 e. The molecule has 2 aromatic carbocycles. The van der Waals surface area contributed by atoms with Gasteiger partial charge in [0.25, 0.3) is 5.91 Å². The summed E-state index contributed by atoms with van der Waals surface area (Å²) in [6.45, 7) is 0. The minimum Gasteiger partial charge on any atom is -0.508 e. The van der Waals surface area contributed by atoms with Gasteiger partial charge in [-0.1, -0.05) is 0 Å². The van der Waals surface area contributed by atoms with Crippen molar-refractivity contribution in [2.24, 2.45) is 0 Å². The zero-order valence-corrected chi connectivity index (χ0v) is 9.29. The maximum atomic E-state index is 11.8. The third-order valence-electron chi connectivity index (χ3n) is 2.35. The first-order chi connectivity index (χ1) is 8.56. The Morgan fingerprint density at radius 1 is 0.889 bits per heavy atom. The number of hydrogen-bond donors (Lipinski definition) is 4. The first kappa shape index (κ1) is 11.8. The zero-order chi connectivity index (χ0) is 13.1. The SMILES string of the molecule is O=C(Nc1ccc(O)cc1)c1ccc(O)cc1O. The van der Waals surface area contributed by atoms with E-state index in [9.17, 15) is 9.90 Å². The molecule has 0 aliphatic heterocycles. The summed E-state index contributed by atoms with van der Waals surface area (Å²) in [6.07, 6.45) is 0. The molecule has 0 aromatic heterocycles. The van der Waals surface area contributed by atoms with Crippen molar-refractivity contribution < 1.29 is 20.1 Å². The lowest BCUT2D eigenvalue weighted by atomic mass is 10.1. The third-order valence-corrected chi connectivity index (χ3v) is 2.35. The molecule has 92 valence electrons.